The molecule has 2 aromatic rings. The van der Waals surface area contributed by atoms with Crippen LogP contribution in [0.15, 0.2) is 36.7 Å². The number of benzene rings is 1. The number of anilines is 1. The van der Waals surface area contributed by atoms with E-state index in [-0.39, 0.29) is 0 Å². The lowest BCUT2D eigenvalue weighted by Crippen LogP contribution is -2.02. The molecule has 3 rings (SSSR count). The number of nitrogen functional groups attached to an aromatic ring is 1. The van der Waals surface area contributed by atoms with Crippen molar-refractivity contribution >= 4 is 5.69 Å². The molecule has 3 nitrogen and oxygen atoms in total. The van der Waals surface area contributed by atoms with Gasteiger partial charge in [0.05, 0.1) is 18.1 Å². The predicted molar refractivity (Wildman–Crippen MR) is 71.8 cm³/mol. The minimum atomic E-state index is 0.616. The fourth-order valence-electron chi connectivity index (χ4n) is 2.40. The zero-order valence-electron chi connectivity index (χ0n) is 10.2. The third kappa shape index (κ3) is 2.30. The van der Waals surface area contributed by atoms with E-state index in [0.717, 1.165) is 12.2 Å². The van der Waals surface area contributed by atoms with Gasteiger partial charge in [-0.15, -0.1) is 0 Å². The molecule has 0 bridgehead atoms. The number of rotatable bonds is 2. The van der Waals surface area contributed by atoms with Crippen LogP contribution in [0.5, 0.6) is 11.5 Å². The molecule has 1 aliphatic carbocycles. The van der Waals surface area contributed by atoms with Gasteiger partial charge in [-0.3, -0.25) is 4.98 Å². The molecule has 0 unspecified atom stereocenters. The molecule has 1 aromatic heterocycles. The largest absolute Gasteiger partial charge is 0.456 e. The summed E-state index contributed by atoms with van der Waals surface area (Å²) >= 11 is 0. The Hall–Kier alpha value is -2.03. The second-order valence-electron chi connectivity index (χ2n) is 4.69. The van der Waals surface area contributed by atoms with Crippen molar-refractivity contribution in [2.45, 2.75) is 25.7 Å². The first kappa shape index (κ1) is 11.1. The van der Waals surface area contributed by atoms with Gasteiger partial charge < -0.3 is 10.5 Å². The molecule has 92 valence electrons. The summed E-state index contributed by atoms with van der Waals surface area (Å²) in [5.74, 6) is 1.55. The van der Waals surface area contributed by atoms with E-state index in [1.807, 2.05) is 6.07 Å². The van der Waals surface area contributed by atoms with E-state index < -0.39 is 0 Å². The summed E-state index contributed by atoms with van der Waals surface area (Å²) in [6.45, 7) is 0. The minimum absolute atomic E-state index is 0.616. The van der Waals surface area contributed by atoms with Gasteiger partial charge in [0.15, 0.2) is 0 Å². The van der Waals surface area contributed by atoms with Crippen molar-refractivity contribution in [1.82, 2.24) is 4.98 Å². The number of hydrogen-bond acceptors (Lipinski definition) is 3. The topological polar surface area (TPSA) is 48.1 Å². The molecule has 0 spiro atoms. The fraction of sp³-hybridized carbons (Fsp3) is 0.267. The van der Waals surface area contributed by atoms with E-state index in [1.165, 1.54) is 30.4 Å². The second-order valence-corrected chi connectivity index (χ2v) is 4.69. The highest BCUT2D eigenvalue weighted by Crippen LogP contribution is 2.28. The number of hydrogen-bond donors (Lipinski definition) is 1. The zero-order chi connectivity index (χ0) is 12.4. The molecule has 0 radical (unpaired) electrons. The number of ether oxygens (including phenoxy) is 1. The molecular formula is C15H16N2O. The lowest BCUT2D eigenvalue weighted by atomic mass is 9.92. The third-order valence-corrected chi connectivity index (χ3v) is 3.29. The van der Waals surface area contributed by atoms with Crippen molar-refractivity contribution < 1.29 is 4.74 Å². The predicted octanol–water partition coefficient (Wildman–Crippen LogP) is 3.33. The van der Waals surface area contributed by atoms with Gasteiger partial charge in [-0.1, -0.05) is 6.07 Å². The van der Waals surface area contributed by atoms with Gasteiger partial charge in [-0.05, 0) is 48.9 Å². The summed E-state index contributed by atoms with van der Waals surface area (Å²) in [5.41, 5.74) is 9.17. The molecule has 18 heavy (non-hydrogen) atoms. The van der Waals surface area contributed by atoms with Gasteiger partial charge in [0.1, 0.15) is 11.5 Å². The molecule has 1 aromatic carbocycles. The summed E-state index contributed by atoms with van der Waals surface area (Å²) in [5, 5.41) is 0. The number of aryl methyl sites for hydroxylation is 2. The van der Waals surface area contributed by atoms with E-state index >= 15 is 0 Å². The number of aromatic nitrogens is 1. The number of pyridine rings is 1. The molecule has 2 N–H and O–H groups in total. The van der Waals surface area contributed by atoms with E-state index in [4.69, 9.17) is 10.5 Å². The number of nitrogens with two attached hydrogens (primary N) is 1. The highest BCUT2D eigenvalue weighted by Gasteiger charge is 2.10. The van der Waals surface area contributed by atoms with Gasteiger partial charge in [-0.25, -0.2) is 0 Å². The number of nitrogens with zero attached hydrogens (tertiary/aromatic N) is 1. The first-order chi connectivity index (χ1) is 8.81. The standard InChI is InChI=1S/C15H16N2O/c16-13-8-15(10-17-9-13)18-14-6-5-11-3-1-2-4-12(11)7-14/h5-10H,1-4,16H2. The summed E-state index contributed by atoms with van der Waals surface area (Å²) in [4.78, 5) is 4.02. The molecule has 0 aliphatic heterocycles. The number of fused-ring (bicyclic) bond motifs is 1. The van der Waals surface area contributed by atoms with E-state index in [2.05, 4.69) is 17.1 Å². The monoisotopic (exact) mass is 240 g/mol. The molecule has 1 heterocycles. The highest BCUT2D eigenvalue weighted by atomic mass is 16.5. The Morgan fingerprint density at radius 2 is 1.78 bits per heavy atom. The van der Waals surface area contributed by atoms with E-state index in [9.17, 15) is 0 Å². The Morgan fingerprint density at radius 3 is 2.61 bits per heavy atom. The van der Waals surface area contributed by atoms with Crippen LogP contribution in [0.25, 0.3) is 0 Å². The lowest BCUT2D eigenvalue weighted by Gasteiger charge is -2.16. The average molecular weight is 240 g/mol. The van der Waals surface area contributed by atoms with Crippen LogP contribution < -0.4 is 10.5 Å². The van der Waals surface area contributed by atoms with Gasteiger partial charge in [0.25, 0.3) is 0 Å². The van der Waals surface area contributed by atoms with Crippen LogP contribution in [0, 0.1) is 0 Å². The molecule has 0 saturated carbocycles. The van der Waals surface area contributed by atoms with Crippen LogP contribution in [0.3, 0.4) is 0 Å². The van der Waals surface area contributed by atoms with Crippen molar-refractivity contribution in [2.24, 2.45) is 0 Å². The van der Waals surface area contributed by atoms with Crippen LogP contribution >= 0.6 is 0 Å². The Labute approximate surface area is 107 Å². The Bertz CT molecular complexity index is 566. The molecule has 1 aliphatic rings. The quantitative estimate of drug-likeness (QED) is 0.875. The van der Waals surface area contributed by atoms with Crippen molar-refractivity contribution in [3.63, 3.8) is 0 Å². The fourth-order valence-corrected chi connectivity index (χ4v) is 2.40. The normalized spacial score (nSPS) is 14.0. The Kier molecular flexibility index (Phi) is 2.89. The van der Waals surface area contributed by atoms with Gasteiger partial charge in [0.2, 0.25) is 0 Å². The third-order valence-electron chi connectivity index (χ3n) is 3.29. The lowest BCUT2D eigenvalue weighted by molar-refractivity contribution is 0.478. The molecule has 3 heteroatoms. The van der Waals surface area contributed by atoms with Crippen LogP contribution in [-0.2, 0) is 12.8 Å². The molecule has 0 amide bonds. The summed E-state index contributed by atoms with van der Waals surface area (Å²) < 4.78 is 5.78. The van der Waals surface area contributed by atoms with Crippen LogP contribution in [0.2, 0.25) is 0 Å². The first-order valence-electron chi connectivity index (χ1n) is 6.31. The minimum Gasteiger partial charge on any atom is -0.456 e. The molecular weight excluding hydrogens is 224 g/mol. The van der Waals surface area contributed by atoms with Crippen molar-refractivity contribution in [3.05, 3.63) is 47.8 Å². The van der Waals surface area contributed by atoms with E-state index in [0.29, 0.717) is 11.4 Å². The van der Waals surface area contributed by atoms with Crippen LogP contribution in [0.4, 0.5) is 5.69 Å². The highest BCUT2D eigenvalue weighted by molar-refractivity contribution is 5.43. The summed E-state index contributed by atoms with van der Waals surface area (Å²) in [6, 6.07) is 8.11. The summed E-state index contributed by atoms with van der Waals surface area (Å²) in [6.07, 6.45) is 8.20. The maximum Gasteiger partial charge on any atom is 0.147 e. The van der Waals surface area contributed by atoms with E-state index in [1.54, 1.807) is 18.5 Å². The maximum atomic E-state index is 5.78. The Morgan fingerprint density at radius 1 is 0.944 bits per heavy atom. The van der Waals surface area contributed by atoms with Crippen LogP contribution in [0.1, 0.15) is 24.0 Å². The van der Waals surface area contributed by atoms with Crippen molar-refractivity contribution in [3.8, 4) is 11.5 Å². The second kappa shape index (κ2) is 4.69. The molecule has 0 saturated heterocycles. The maximum absolute atomic E-state index is 5.78. The molecule has 0 fully saturated rings. The Balaban J connectivity index is 1.85. The SMILES string of the molecule is Nc1cncc(Oc2ccc3c(c2)CCCC3)c1. The van der Waals surface area contributed by atoms with Gasteiger partial charge in [0, 0.05) is 6.07 Å². The average Bonchev–Trinajstić information content (AvgIpc) is 2.39. The van der Waals surface area contributed by atoms with Crippen molar-refractivity contribution in [2.75, 3.05) is 5.73 Å². The van der Waals surface area contributed by atoms with Crippen LogP contribution in [-0.4, -0.2) is 4.98 Å². The van der Waals surface area contributed by atoms with Gasteiger partial charge >= 0.3 is 0 Å². The first-order valence-corrected chi connectivity index (χ1v) is 6.31. The van der Waals surface area contributed by atoms with Crippen molar-refractivity contribution in [1.29, 1.82) is 0 Å². The zero-order valence-corrected chi connectivity index (χ0v) is 10.2. The smallest absolute Gasteiger partial charge is 0.147 e. The molecule has 0 atom stereocenters. The van der Waals surface area contributed by atoms with Gasteiger partial charge in [-0.2, -0.15) is 0 Å². The summed E-state index contributed by atoms with van der Waals surface area (Å²) in [7, 11) is 0.